The van der Waals surface area contributed by atoms with Crippen molar-refractivity contribution in [3.63, 3.8) is 0 Å². The number of nitrogens with one attached hydrogen (secondary N) is 1. The molecule has 0 aliphatic carbocycles. The van der Waals surface area contributed by atoms with Crippen molar-refractivity contribution in [2.24, 2.45) is 0 Å². The zero-order valence-corrected chi connectivity index (χ0v) is 14.5. The van der Waals surface area contributed by atoms with Gasteiger partial charge in [0.05, 0.1) is 6.04 Å². The van der Waals surface area contributed by atoms with Crippen LogP contribution in [0.15, 0.2) is 12.3 Å². The van der Waals surface area contributed by atoms with Gasteiger partial charge in [-0.3, -0.25) is 4.90 Å². The van der Waals surface area contributed by atoms with E-state index in [0.29, 0.717) is 5.82 Å². The maximum Gasteiger partial charge on any atom is 0.128 e. The minimum Gasteiger partial charge on any atom is -0.383 e. The van der Waals surface area contributed by atoms with Crippen LogP contribution in [0.3, 0.4) is 0 Å². The van der Waals surface area contributed by atoms with Crippen LogP contribution in [0.4, 0.5) is 5.82 Å². The van der Waals surface area contributed by atoms with Crippen molar-refractivity contribution in [1.82, 2.24) is 15.2 Å². The van der Waals surface area contributed by atoms with Crippen molar-refractivity contribution >= 4 is 5.82 Å². The number of nitrogens with zero attached hydrogens (tertiary/aromatic N) is 2. The molecule has 0 saturated heterocycles. The predicted molar refractivity (Wildman–Crippen MR) is 91.4 cm³/mol. The molecule has 0 aliphatic heterocycles. The molecule has 1 aromatic heterocycles. The van der Waals surface area contributed by atoms with Gasteiger partial charge in [0.2, 0.25) is 0 Å². The summed E-state index contributed by atoms with van der Waals surface area (Å²) in [5.74, 6) is 0.634. The highest BCUT2D eigenvalue weighted by molar-refractivity contribution is 5.44. The number of anilines is 1. The summed E-state index contributed by atoms with van der Waals surface area (Å²) in [5.41, 5.74) is 8.41. The van der Waals surface area contributed by atoms with Crippen molar-refractivity contribution in [3.05, 3.63) is 23.4 Å². The second-order valence-corrected chi connectivity index (χ2v) is 6.20. The number of aromatic nitrogens is 1. The maximum absolute atomic E-state index is 6.17. The van der Waals surface area contributed by atoms with Gasteiger partial charge < -0.3 is 11.1 Å². The third-order valence-electron chi connectivity index (χ3n) is 4.28. The second kappa shape index (κ2) is 7.76. The summed E-state index contributed by atoms with van der Waals surface area (Å²) in [4.78, 5) is 6.83. The van der Waals surface area contributed by atoms with Crippen LogP contribution >= 0.6 is 0 Å². The molecule has 1 atom stereocenters. The van der Waals surface area contributed by atoms with Crippen molar-refractivity contribution in [2.75, 3.05) is 25.4 Å². The van der Waals surface area contributed by atoms with Gasteiger partial charge in [0.1, 0.15) is 5.82 Å². The fourth-order valence-corrected chi connectivity index (χ4v) is 3.08. The third kappa shape index (κ3) is 4.17. The number of nitrogens with two attached hydrogens (primary N) is 1. The molecule has 21 heavy (non-hydrogen) atoms. The van der Waals surface area contributed by atoms with Crippen LogP contribution in [0.5, 0.6) is 0 Å². The van der Waals surface area contributed by atoms with Crippen molar-refractivity contribution in [3.8, 4) is 0 Å². The van der Waals surface area contributed by atoms with E-state index in [4.69, 9.17) is 5.73 Å². The molecular formula is C17H32N4. The number of aryl methyl sites for hydroxylation is 1. The summed E-state index contributed by atoms with van der Waals surface area (Å²) in [5, 5.41) is 3.68. The Kier molecular flexibility index (Phi) is 6.62. The smallest absolute Gasteiger partial charge is 0.128 e. The standard InChI is InChI=1S/C17H32N4/c1-7-10-19-15(17(5,6)21(8-2)9-3)14-11-13(4)12-20-16(14)18/h11-12,15,19H,7-10H2,1-6H3,(H2,18,20). The van der Waals surface area contributed by atoms with Gasteiger partial charge in [-0.25, -0.2) is 4.98 Å². The van der Waals surface area contributed by atoms with Gasteiger partial charge in [-0.15, -0.1) is 0 Å². The minimum absolute atomic E-state index is 0.0255. The van der Waals surface area contributed by atoms with E-state index in [1.54, 1.807) is 0 Å². The Labute approximate surface area is 130 Å². The molecule has 120 valence electrons. The lowest BCUT2D eigenvalue weighted by Crippen LogP contribution is -2.53. The average molecular weight is 292 g/mol. The summed E-state index contributed by atoms with van der Waals surface area (Å²) in [6.07, 6.45) is 2.93. The molecule has 0 aliphatic rings. The van der Waals surface area contributed by atoms with Crippen LogP contribution in [-0.4, -0.2) is 35.1 Å². The molecule has 1 rings (SSSR count). The van der Waals surface area contributed by atoms with Crippen molar-refractivity contribution in [1.29, 1.82) is 0 Å². The van der Waals surface area contributed by atoms with E-state index < -0.39 is 0 Å². The first-order valence-corrected chi connectivity index (χ1v) is 8.08. The molecule has 0 aromatic carbocycles. The lowest BCUT2D eigenvalue weighted by atomic mass is 9.86. The number of rotatable bonds is 8. The lowest BCUT2D eigenvalue weighted by Gasteiger charge is -2.44. The van der Waals surface area contributed by atoms with Gasteiger partial charge in [0, 0.05) is 17.3 Å². The van der Waals surface area contributed by atoms with Crippen LogP contribution in [0, 0.1) is 6.92 Å². The summed E-state index contributed by atoms with van der Waals surface area (Å²) < 4.78 is 0. The SMILES string of the molecule is CCCNC(c1cc(C)cnc1N)C(C)(C)N(CC)CC. The molecule has 1 aromatic rings. The van der Waals surface area contributed by atoms with Crippen LogP contribution in [0.1, 0.15) is 58.2 Å². The molecule has 0 fully saturated rings. The predicted octanol–water partition coefficient (Wildman–Crippen LogP) is 3.13. The molecule has 1 heterocycles. The van der Waals surface area contributed by atoms with Gasteiger partial charge in [-0.05, 0) is 58.5 Å². The van der Waals surface area contributed by atoms with Crippen LogP contribution < -0.4 is 11.1 Å². The number of hydrogen-bond donors (Lipinski definition) is 2. The first-order chi connectivity index (χ1) is 9.88. The summed E-state index contributed by atoms with van der Waals surface area (Å²) in [7, 11) is 0. The van der Waals surface area contributed by atoms with Gasteiger partial charge in [-0.1, -0.05) is 20.8 Å². The Hall–Kier alpha value is -1.13. The van der Waals surface area contributed by atoms with E-state index in [1.807, 2.05) is 6.20 Å². The normalized spacial score (nSPS) is 13.7. The first kappa shape index (κ1) is 17.9. The van der Waals surface area contributed by atoms with E-state index in [-0.39, 0.29) is 11.6 Å². The Bertz CT molecular complexity index is 438. The van der Waals surface area contributed by atoms with Gasteiger partial charge in [-0.2, -0.15) is 0 Å². The largest absolute Gasteiger partial charge is 0.383 e. The summed E-state index contributed by atoms with van der Waals surface area (Å²) in [6, 6.07) is 2.34. The Morgan fingerprint density at radius 1 is 1.29 bits per heavy atom. The Morgan fingerprint density at radius 3 is 2.43 bits per heavy atom. The lowest BCUT2D eigenvalue weighted by molar-refractivity contribution is 0.0913. The molecule has 4 nitrogen and oxygen atoms in total. The van der Waals surface area contributed by atoms with Crippen LogP contribution in [0.2, 0.25) is 0 Å². The number of nitrogen functional groups attached to an aromatic ring is 1. The topological polar surface area (TPSA) is 54.2 Å². The Balaban J connectivity index is 3.24. The van der Waals surface area contributed by atoms with E-state index >= 15 is 0 Å². The Morgan fingerprint density at radius 2 is 1.90 bits per heavy atom. The molecule has 0 bridgehead atoms. The van der Waals surface area contributed by atoms with E-state index in [2.05, 4.69) is 62.8 Å². The van der Waals surface area contributed by atoms with Gasteiger partial charge in [0.25, 0.3) is 0 Å². The molecule has 0 spiro atoms. The number of hydrogen-bond acceptors (Lipinski definition) is 4. The molecule has 0 saturated carbocycles. The fourth-order valence-electron chi connectivity index (χ4n) is 3.08. The highest BCUT2D eigenvalue weighted by Crippen LogP contribution is 2.33. The second-order valence-electron chi connectivity index (χ2n) is 6.20. The molecule has 0 amide bonds. The van der Waals surface area contributed by atoms with Crippen LogP contribution in [0.25, 0.3) is 0 Å². The van der Waals surface area contributed by atoms with E-state index in [1.165, 1.54) is 0 Å². The molecule has 4 heteroatoms. The molecule has 0 radical (unpaired) electrons. The zero-order chi connectivity index (χ0) is 16.0. The number of pyridine rings is 1. The van der Waals surface area contributed by atoms with E-state index in [9.17, 15) is 0 Å². The highest BCUT2D eigenvalue weighted by atomic mass is 15.2. The molecular weight excluding hydrogens is 260 g/mol. The van der Waals surface area contributed by atoms with Gasteiger partial charge in [0.15, 0.2) is 0 Å². The average Bonchev–Trinajstić information content (AvgIpc) is 2.43. The third-order valence-corrected chi connectivity index (χ3v) is 4.28. The quantitative estimate of drug-likeness (QED) is 0.773. The van der Waals surface area contributed by atoms with Crippen LogP contribution in [-0.2, 0) is 0 Å². The van der Waals surface area contributed by atoms with E-state index in [0.717, 1.165) is 37.2 Å². The summed E-state index contributed by atoms with van der Waals surface area (Å²) in [6.45, 7) is 16.3. The monoisotopic (exact) mass is 292 g/mol. The fraction of sp³-hybridized carbons (Fsp3) is 0.706. The van der Waals surface area contributed by atoms with Gasteiger partial charge >= 0.3 is 0 Å². The molecule has 3 N–H and O–H groups in total. The first-order valence-electron chi connectivity index (χ1n) is 8.08. The number of likely N-dealkylation sites (N-methyl/N-ethyl adjacent to an activating group) is 1. The van der Waals surface area contributed by atoms with Crippen molar-refractivity contribution < 1.29 is 0 Å². The molecule has 1 unspecified atom stereocenters. The highest BCUT2D eigenvalue weighted by Gasteiger charge is 2.36. The van der Waals surface area contributed by atoms with Crippen molar-refractivity contribution in [2.45, 2.75) is 59.5 Å². The zero-order valence-electron chi connectivity index (χ0n) is 14.5. The minimum atomic E-state index is -0.0255. The summed E-state index contributed by atoms with van der Waals surface area (Å²) >= 11 is 0. The maximum atomic E-state index is 6.17.